The van der Waals surface area contributed by atoms with Crippen molar-refractivity contribution < 1.29 is 15.0 Å². The lowest BCUT2D eigenvalue weighted by Gasteiger charge is -2.08. The molecule has 0 aliphatic carbocycles. The van der Waals surface area contributed by atoms with Crippen LogP contribution in [0.15, 0.2) is 18.2 Å². The molecular formula is C12H16BrNO3. The molecule has 0 aliphatic rings. The number of halogens is 1. The van der Waals surface area contributed by atoms with E-state index in [1.165, 1.54) is 18.2 Å². The third kappa shape index (κ3) is 4.26. The van der Waals surface area contributed by atoms with E-state index in [2.05, 4.69) is 28.2 Å². The molecule has 1 atom stereocenters. The minimum absolute atomic E-state index is 0.229. The average Bonchev–Trinajstić information content (AvgIpc) is 2.32. The number of hydrogen-bond acceptors (Lipinski definition) is 3. The number of phenols is 2. The zero-order valence-electron chi connectivity index (χ0n) is 9.61. The van der Waals surface area contributed by atoms with Crippen molar-refractivity contribution in [2.75, 3.05) is 6.54 Å². The first-order valence-electron chi connectivity index (χ1n) is 5.48. The largest absolute Gasteiger partial charge is 0.504 e. The smallest absolute Gasteiger partial charge is 0.251 e. The normalized spacial score (nSPS) is 12.1. The van der Waals surface area contributed by atoms with E-state index in [-0.39, 0.29) is 17.4 Å². The Bertz CT molecular complexity index is 395. The highest BCUT2D eigenvalue weighted by molar-refractivity contribution is 9.09. The van der Waals surface area contributed by atoms with Crippen molar-refractivity contribution in [1.82, 2.24) is 5.32 Å². The second kappa shape index (κ2) is 6.49. The maximum Gasteiger partial charge on any atom is 0.251 e. The number of rotatable bonds is 5. The van der Waals surface area contributed by atoms with Crippen LogP contribution >= 0.6 is 15.9 Å². The summed E-state index contributed by atoms with van der Waals surface area (Å²) >= 11 is 3.48. The molecule has 0 fully saturated rings. The van der Waals surface area contributed by atoms with Gasteiger partial charge in [-0.15, -0.1) is 0 Å². The second-order valence-electron chi connectivity index (χ2n) is 3.75. The monoisotopic (exact) mass is 301 g/mol. The van der Waals surface area contributed by atoms with Crippen molar-refractivity contribution in [3.05, 3.63) is 23.8 Å². The van der Waals surface area contributed by atoms with Crippen molar-refractivity contribution in [2.45, 2.75) is 24.6 Å². The Morgan fingerprint density at radius 3 is 2.71 bits per heavy atom. The molecule has 17 heavy (non-hydrogen) atoms. The average molecular weight is 302 g/mol. The van der Waals surface area contributed by atoms with Gasteiger partial charge in [0.25, 0.3) is 5.91 Å². The molecule has 0 bridgehead atoms. The summed E-state index contributed by atoms with van der Waals surface area (Å²) in [4.78, 5) is 12.1. The Hall–Kier alpha value is -1.23. The summed E-state index contributed by atoms with van der Waals surface area (Å²) in [5.41, 5.74) is 0.336. The molecule has 5 heteroatoms. The van der Waals surface area contributed by atoms with E-state index in [1.807, 2.05) is 0 Å². The van der Waals surface area contributed by atoms with E-state index >= 15 is 0 Å². The zero-order chi connectivity index (χ0) is 12.8. The number of benzene rings is 1. The van der Waals surface area contributed by atoms with Crippen LogP contribution in [-0.2, 0) is 0 Å². The van der Waals surface area contributed by atoms with Crippen LogP contribution in [0, 0.1) is 0 Å². The SMILES string of the molecule is CCC(Br)CCNC(=O)c1ccc(O)c(O)c1. The van der Waals surface area contributed by atoms with Crippen LogP contribution in [0.3, 0.4) is 0 Å². The summed E-state index contributed by atoms with van der Waals surface area (Å²) in [7, 11) is 0. The van der Waals surface area contributed by atoms with Gasteiger partial charge in [0.15, 0.2) is 11.5 Å². The van der Waals surface area contributed by atoms with Gasteiger partial charge in [0.2, 0.25) is 0 Å². The fourth-order valence-electron chi connectivity index (χ4n) is 1.31. The number of phenolic OH excluding ortho intramolecular Hbond substituents is 2. The van der Waals surface area contributed by atoms with Crippen LogP contribution in [0.5, 0.6) is 11.5 Å². The first-order valence-corrected chi connectivity index (χ1v) is 6.40. The van der Waals surface area contributed by atoms with Crippen LogP contribution < -0.4 is 5.32 Å². The predicted molar refractivity (Wildman–Crippen MR) is 69.7 cm³/mol. The molecule has 0 spiro atoms. The summed E-state index contributed by atoms with van der Waals surface area (Å²) in [6, 6.07) is 4.01. The molecule has 1 unspecified atom stereocenters. The molecule has 1 rings (SSSR count). The van der Waals surface area contributed by atoms with Crippen molar-refractivity contribution >= 4 is 21.8 Å². The molecule has 94 valence electrons. The number of carbonyl (C=O) groups is 1. The molecule has 0 saturated heterocycles. The fourth-order valence-corrected chi connectivity index (χ4v) is 1.54. The molecule has 3 N–H and O–H groups in total. The molecule has 0 aromatic heterocycles. The molecule has 1 aromatic rings. The summed E-state index contributed by atoms with van der Waals surface area (Å²) in [5, 5.41) is 21.1. The van der Waals surface area contributed by atoms with Crippen LogP contribution in [0.4, 0.5) is 0 Å². The van der Waals surface area contributed by atoms with Gasteiger partial charge in [-0.1, -0.05) is 22.9 Å². The van der Waals surface area contributed by atoms with E-state index in [9.17, 15) is 9.90 Å². The quantitative estimate of drug-likeness (QED) is 0.578. The summed E-state index contributed by atoms with van der Waals surface area (Å²) in [5.74, 6) is -0.770. The van der Waals surface area contributed by atoms with Crippen molar-refractivity contribution in [2.24, 2.45) is 0 Å². The van der Waals surface area contributed by atoms with Crippen molar-refractivity contribution in [3.63, 3.8) is 0 Å². The maximum atomic E-state index is 11.7. The lowest BCUT2D eigenvalue weighted by atomic mass is 10.2. The highest BCUT2D eigenvalue weighted by Gasteiger charge is 2.09. The Balaban J connectivity index is 2.50. The van der Waals surface area contributed by atoms with Gasteiger partial charge in [0, 0.05) is 16.9 Å². The number of alkyl halides is 1. The van der Waals surface area contributed by atoms with Crippen molar-refractivity contribution in [3.8, 4) is 11.5 Å². The van der Waals surface area contributed by atoms with E-state index in [4.69, 9.17) is 5.11 Å². The lowest BCUT2D eigenvalue weighted by Crippen LogP contribution is -2.25. The summed E-state index contributed by atoms with van der Waals surface area (Å²) in [6.07, 6.45) is 1.86. The van der Waals surface area contributed by atoms with Crippen LogP contribution in [0.2, 0.25) is 0 Å². The second-order valence-corrected chi connectivity index (χ2v) is 5.05. The van der Waals surface area contributed by atoms with E-state index in [1.54, 1.807) is 0 Å². The van der Waals surface area contributed by atoms with Gasteiger partial charge in [0.05, 0.1) is 0 Å². The van der Waals surface area contributed by atoms with E-state index < -0.39 is 0 Å². The van der Waals surface area contributed by atoms with Gasteiger partial charge in [-0.3, -0.25) is 4.79 Å². The number of carbonyl (C=O) groups excluding carboxylic acids is 1. The minimum atomic E-state index is -0.287. The molecule has 0 radical (unpaired) electrons. The molecule has 1 amide bonds. The maximum absolute atomic E-state index is 11.7. The predicted octanol–water partition coefficient (Wildman–Crippen LogP) is 2.39. The minimum Gasteiger partial charge on any atom is -0.504 e. The molecular weight excluding hydrogens is 286 g/mol. The first-order chi connectivity index (χ1) is 8.04. The highest BCUT2D eigenvalue weighted by Crippen LogP contribution is 2.24. The van der Waals surface area contributed by atoms with Gasteiger partial charge in [-0.05, 0) is 31.0 Å². The lowest BCUT2D eigenvalue weighted by molar-refractivity contribution is 0.0953. The van der Waals surface area contributed by atoms with Crippen LogP contribution in [0.1, 0.15) is 30.1 Å². The third-order valence-electron chi connectivity index (χ3n) is 2.42. The molecule has 4 nitrogen and oxygen atoms in total. The Kier molecular flexibility index (Phi) is 5.28. The first kappa shape index (κ1) is 13.8. The highest BCUT2D eigenvalue weighted by atomic mass is 79.9. The third-order valence-corrected chi connectivity index (χ3v) is 3.53. The van der Waals surface area contributed by atoms with Gasteiger partial charge >= 0.3 is 0 Å². The van der Waals surface area contributed by atoms with Crippen LogP contribution in [-0.4, -0.2) is 27.5 Å². The molecule has 1 aromatic carbocycles. The van der Waals surface area contributed by atoms with E-state index in [0.29, 0.717) is 16.9 Å². The molecule has 0 aliphatic heterocycles. The van der Waals surface area contributed by atoms with Crippen molar-refractivity contribution in [1.29, 1.82) is 0 Å². The van der Waals surface area contributed by atoms with Gasteiger partial charge in [-0.25, -0.2) is 0 Å². The Labute approximate surface area is 109 Å². The Morgan fingerprint density at radius 1 is 1.41 bits per heavy atom. The number of aromatic hydroxyl groups is 2. The van der Waals surface area contributed by atoms with Gasteiger partial charge < -0.3 is 15.5 Å². The van der Waals surface area contributed by atoms with E-state index in [0.717, 1.165) is 12.8 Å². The molecule has 0 saturated carbocycles. The number of nitrogens with one attached hydrogen (secondary N) is 1. The summed E-state index contributed by atoms with van der Waals surface area (Å²) in [6.45, 7) is 2.64. The topological polar surface area (TPSA) is 69.6 Å². The van der Waals surface area contributed by atoms with Gasteiger partial charge in [-0.2, -0.15) is 0 Å². The fraction of sp³-hybridized carbons (Fsp3) is 0.417. The molecule has 0 heterocycles. The standard InChI is InChI=1S/C12H16BrNO3/c1-2-9(13)5-6-14-12(17)8-3-4-10(15)11(16)7-8/h3-4,7,9,15-16H,2,5-6H2,1H3,(H,14,17). The Morgan fingerprint density at radius 2 is 2.12 bits per heavy atom. The summed E-state index contributed by atoms with van der Waals surface area (Å²) < 4.78 is 0. The van der Waals surface area contributed by atoms with Crippen LogP contribution in [0.25, 0.3) is 0 Å². The van der Waals surface area contributed by atoms with Gasteiger partial charge in [0.1, 0.15) is 0 Å². The zero-order valence-corrected chi connectivity index (χ0v) is 11.2. The number of hydrogen-bond donors (Lipinski definition) is 3. The number of amides is 1.